The third-order valence-electron chi connectivity index (χ3n) is 2.93. The van der Waals surface area contributed by atoms with Crippen LogP contribution in [0.5, 0.6) is 0 Å². The molecular weight excluding hydrogens is 258 g/mol. The second-order valence-corrected chi connectivity index (χ2v) is 5.68. The van der Waals surface area contributed by atoms with Crippen LogP contribution in [0.3, 0.4) is 0 Å². The number of carbonyl (C=O) groups is 1. The van der Waals surface area contributed by atoms with E-state index in [1.165, 1.54) is 12.0 Å². The van der Waals surface area contributed by atoms with Crippen molar-refractivity contribution in [3.63, 3.8) is 0 Å². The number of para-hydroxylation sites is 1. The summed E-state index contributed by atoms with van der Waals surface area (Å²) in [5.41, 5.74) is 2.05. The summed E-state index contributed by atoms with van der Waals surface area (Å²) in [6.07, 6.45) is 0. The van der Waals surface area contributed by atoms with E-state index in [4.69, 9.17) is 4.74 Å². The lowest BCUT2D eigenvalue weighted by molar-refractivity contribution is -0.141. The first-order valence-electron chi connectivity index (χ1n) is 6.08. The van der Waals surface area contributed by atoms with E-state index < -0.39 is 6.04 Å². The molecule has 2 rings (SSSR count). The molecule has 0 spiro atoms. The number of anilines is 1. The van der Waals surface area contributed by atoms with Crippen molar-refractivity contribution in [2.75, 3.05) is 12.4 Å². The first-order chi connectivity index (χ1) is 9.11. The molecule has 0 aliphatic rings. The van der Waals surface area contributed by atoms with Crippen molar-refractivity contribution in [1.82, 2.24) is 0 Å². The highest BCUT2D eigenvalue weighted by Crippen LogP contribution is 2.28. The summed E-state index contributed by atoms with van der Waals surface area (Å²) in [7, 11) is 1.41. The summed E-state index contributed by atoms with van der Waals surface area (Å²) in [5, 5.41) is 3.26. The maximum atomic E-state index is 12.0. The molecule has 19 heavy (non-hydrogen) atoms. The van der Waals surface area contributed by atoms with Crippen molar-refractivity contribution in [3.8, 4) is 0 Å². The van der Waals surface area contributed by atoms with Gasteiger partial charge in [0, 0.05) is 15.4 Å². The third-order valence-corrected chi connectivity index (χ3v) is 3.99. The molecule has 4 heteroatoms. The number of nitrogens with one attached hydrogen (secondary N) is 1. The third kappa shape index (κ3) is 3.15. The Morgan fingerprint density at radius 2 is 1.95 bits per heavy atom. The second-order valence-electron chi connectivity index (χ2n) is 4.36. The molecule has 2 aromatic rings. The average molecular weight is 275 g/mol. The van der Waals surface area contributed by atoms with Crippen LogP contribution in [0, 0.1) is 13.8 Å². The van der Waals surface area contributed by atoms with E-state index in [2.05, 4.69) is 5.32 Å². The first kappa shape index (κ1) is 13.6. The van der Waals surface area contributed by atoms with Crippen LogP contribution in [0.15, 0.2) is 36.4 Å². The van der Waals surface area contributed by atoms with Gasteiger partial charge in [-0.3, -0.25) is 0 Å². The number of hydrogen-bond acceptors (Lipinski definition) is 4. The lowest BCUT2D eigenvalue weighted by Gasteiger charge is -2.17. The van der Waals surface area contributed by atoms with Gasteiger partial charge in [0.25, 0.3) is 0 Å². The highest BCUT2D eigenvalue weighted by Gasteiger charge is 2.23. The van der Waals surface area contributed by atoms with Gasteiger partial charge in [0.15, 0.2) is 6.04 Å². The molecule has 3 nitrogen and oxygen atoms in total. The molecule has 0 amide bonds. The van der Waals surface area contributed by atoms with E-state index in [0.717, 1.165) is 16.1 Å². The predicted molar refractivity (Wildman–Crippen MR) is 78.6 cm³/mol. The van der Waals surface area contributed by atoms with Crippen LogP contribution >= 0.6 is 11.3 Å². The van der Waals surface area contributed by atoms with Gasteiger partial charge in [-0.25, -0.2) is 4.79 Å². The Kier molecular flexibility index (Phi) is 4.22. The molecule has 1 N–H and O–H groups in total. The van der Waals surface area contributed by atoms with Gasteiger partial charge in [-0.1, -0.05) is 18.2 Å². The Morgan fingerprint density at radius 1 is 1.21 bits per heavy atom. The van der Waals surface area contributed by atoms with Gasteiger partial charge >= 0.3 is 5.97 Å². The number of esters is 1. The SMILES string of the molecule is COC(=O)C(Nc1ccccc1C)c1ccc(C)s1. The van der Waals surface area contributed by atoms with E-state index >= 15 is 0 Å². The summed E-state index contributed by atoms with van der Waals surface area (Å²) in [4.78, 5) is 14.1. The smallest absolute Gasteiger partial charge is 0.333 e. The Hall–Kier alpha value is -1.81. The number of ether oxygens (including phenoxy) is 1. The van der Waals surface area contributed by atoms with Crippen molar-refractivity contribution in [2.24, 2.45) is 0 Å². The zero-order valence-electron chi connectivity index (χ0n) is 11.3. The van der Waals surface area contributed by atoms with E-state index in [-0.39, 0.29) is 5.97 Å². The molecule has 1 unspecified atom stereocenters. The molecule has 1 aromatic heterocycles. The summed E-state index contributed by atoms with van der Waals surface area (Å²) in [6, 6.07) is 11.4. The fourth-order valence-electron chi connectivity index (χ4n) is 1.86. The molecule has 0 fully saturated rings. The van der Waals surface area contributed by atoms with Crippen LogP contribution in [0.1, 0.15) is 21.4 Å². The number of carbonyl (C=O) groups excluding carboxylic acids is 1. The molecule has 0 aliphatic heterocycles. The minimum Gasteiger partial charge on any atom is -0.467 e. The number of aryl methyl sites for hydroxylation is 2. The lowest BCUT2D eigenvalue weighted by Crippen LogP contribution is -2.21. The van der Waals surface area contributed by atoms with Gasteiger partial charge in [-0.15, -0.1) is 11.3 Å². The Labute approximate surface area is 117 Å². The quantitative estimate of drug-likeness (QED) is 0.865. The first-order valence-corrected chi connectivity index (χ1v) is 6.90. The number of rotatable bonds is 4. The van der Waals surface area contributed by atoms with Crippen LogP contribution in [-0.2, 0) is 9.53 Å². The van der Waals surface area contributed by atoms with Crippen LogP contribution in [0.2, 0.25) is 0 Å². The molecule has 1 heterocycles. The topological polar surface area (TPSA) is 38.3 Å². The predicted octanol–water partition coefficient (Wildman–Crippen LogP) is 3.69. The summed E-state index contributed by atoms with van der Waals surface area (Å²) < 4.78 is 4.89. The van der Waals surface area contributed by atoms with Crippen molar-refractivity contribution in [2.45, 2.75) is 19.9 Å². The molecule has 0 aliphatic carbocycles. The number of hydrogen-bond donors (Lipinski definition) is 1. The standard InChI is InChI=1S/C15H17NO2S/c1-10-6-4-5-7-12(10)16-14(15(17)18-3)13-9-8-11(2)19-13/h4-9,14,16H,1-3H3. The Balaban J connectivity index is 2.29. The van der Waals surface area contributed by atoms with Gasteiger partial charge in [0.05, 0.1) is 7.11 Å². The molecular formula is C15H17NO2S. The van der Waals surface area contributed by atoms with Gasteiger partial charge in [0.2, 0.25) is 0 Å². The van der Waals surface area contributed by atoms with Crippen LogP contribution in [0.4, 0.5) is 5.69 Å². The van der Waals surface area contributed by atoms with Crippen molar-refractivity contribution in [3.05, 3.63) is 51.7 Å². The summed E-state index contributed by atoms with van der Waals surface area (Å²) >= 11 is 1.60. The number of thiophene rings is 1. The Morgan fingerprint density at radius 3 is 2.53 bits per heavy atom. The minimum atomic E-state index is -0.454. The van der Waals surface area contributed by atoms with Gasteiger partial charge in [0.1, 0.15) is 0 Å². The fraction of sp³-hybridized carbons (Fsp3) is 0.267. The summed E-state index contributed by atoms with van der Waals surface area (Å²) in [6.45, 7) is 4.03. The largest absolute Gasteiger partial charge is 0.467 e. The van der Waals surface area contributed by atoms with Crippen LogP contribution in [0.25, 0.3) is 0 Å². The maximum Gasteiger partial charge on any atom is 0.333 e. The number of benzene rings is 1. The summed E-state index contributed by atoms with van der Waals surface area (Å²) in [5.74, 6) is -0.273. The molecule has 1 atom stereocenters. The molecule has 0 radical (unpaired) electrons. The van der Waals surface area contributed by atoms with Crippen LogP contribution < -0.4 is 5.32 Å². The van der Waals surface area contributed by atoms with Crippen LogP contribution in [-0.4, -0.2) is 13.1 Å². The van der Waals surface area contributed by atoms with E-state index in [9.17, 15) is 4.79 Å². The average Bonchev–Trinajstić information content (AvgIpc) is 2.83. The van der Waals surface area contributed by atoms with Crippen molar-refractivity contribution < 1.29 is 9.53 Å². The molecule has 0 bridgehead atoms. The fourth-order valence-corrected chi connectivity index (χ4v) is 2.78. The van der Waals surface area contributed by atoms with Gasteiger partial charge in [-0.2, -0.15) is 0 Å². The van der Waals surface area contributed by atoms with E-state index in [0.29, 0.717) is 0 Å². The van der Waals surface area contributed by atoms with Gasteiger partial charge in [-0.05, 0) is 37.6 Å². The van der Waals surface area contributed by atoms with Crippen molar-refractivity contribution >= 4 is 23.0 Å². The zero-order valence-corrected chi connectivity index (χ0v) is 12.1. The monoisotopic (exact) mass is 275 g/mol. The highest BCUT2D eigenvalue weighted by molar-refractivity contribution is 7.12. The molecule has 100 valence electrons. The molecule has 1 aromatic carbocycles. The minimum absolute atomic E-state index is 0.273. The highest BCUT2D eigenvalue weighted by atomic mass is 32.1. The normalized spacial score (nSPS) is 11.9. The van der Waals surface area contributed by atoms with E-state index in [1.54, 1.807) is 11.3 Å². The second kappa shape index (κ2) is 5.89. The molecule has 0 saturated heterocycles. The molecule has 0 saturated carbocycles. The van der Waals surface area contributed by atoms with Crippen molar-refractivity contribution in [1.29, 1.82) is 0 Å². The maximum absolute atomic E-state index is 12.0. The lowest BCUT2D eigenvalue weighted by atomic mass is 10.1. The number of methoxy groups -OCH3 is 1. The van der Waals surface area contributed by atoms with Gasteiger partial charge < -0.3 is 10.1 Å². The van der Waals surface area contributed by atoms with E-state index in [1.807, 2.05) is 50.2 Å². The Bertz CT molecular complexity index is 577. The zero-order chi connectivity index (χ0) is 13.8.